The van der Waals surface area contributed by atoms with Crippen LogP contribution >= 0.6 is 11.3 Å². The van der Waals surface area contributed by atoms with Gasteiger partial charge >= 0.3 is 0 Å². The highest BCUT2D eigenvalue weighted by Gasteiger charge is 2.38. The van der Waals surface area contributed by atoms with E-state index in [2.05, 4.69) is 66.9 Å². The molecule has 1 saturated carbocycles. The maximum Gasteiger partial charge on any atom is 0.191 e. The van der Waals surface area contributed by atoms with E-state index in [1.165, 1.54) is 21.7 Å². The Hall–Kier alpha value is -1.81. The van der Waals surface area contributed by atoms with Gasteiger partial charge in [-0.15, -0.1) is 11.3 Å². The van der Waals surface area contributed by atoms with Gasteiger partial charge in [0.05, 0.1) is 6.54 Å². The summed E-state index contributed by atoms with van der Waals surface area (Å²) in [6, 6.07) is 15.6. The number of nitrogens with one attached hydrogen (secondary N) is 2. The minimum absolute atomic E-state index is 0.505. The Morgan fingerprint density at radius 2 is 2.05 bits per heavy atom. The summed E-state index contributed by atoms with van der Waals surface area (Å²) in [7, 11) is 0. The molecule has 22 heavy (non-hydrogen) atoms. The zero-order valence-corrected chi connectivity index (χ0v) is 14.0. The molecule has 3 nitrogen and oxygen atoms in total. The fourth-order valence-corrected chi connectivity index (χ4v) is 3.46. The van der Waals surface area contributed by atoms with Crippen LogP contribution in [0, 0.1) is 6.92 Å². The first kappa shape index (κ1) is 15.1. The fourth-order valence-electron chi connectivity index (χ4n) is 2.65. The van der Waals surface area contributed by atoms with E-state index in [0.717, 1.165) is 19.0 Å². The molecule has 116 valence electrons. The molecular formula is C18H23N3S. The topological polar surface area (TPSA) is 36.4 Å². The number of hydrogen-bond donors (Lipinski definition) is 2. The molecule has 0 aliphatic heterocycles. The van der Waals surface area contributed by atoms with Crippen LogP contribution in [0.1, 0.15) is 34.6 Å². The van der Waals surface area contributed by atoms with Crippen LogP contribution in [0.5, 0.6) is 0 Å². The first-order valence-corrected chi connectivity index (χ1v) is 8.73. The number of thiophene rings is 1. The van der Waals surface area contributed by atoms with E-state index in [4.69, 9.17) is 4.99 Å². The lowest BCUT2D eigenvalue weighted by molar-refractivity contribution is 0.796. The number of benzene rings is 1. The molecule has 1 heterocycles. The van der Waals surface area contributed by atoms with Crippen LogP contribution < -0.4 is 10.6 Å². The third kappa shape index (κ3) is 3.89. The second kappa shape index (κ2) is 6.97. The highest BCUT2D eigenvalue weighted by atomic mass is 32.1. The van der Waals surface area contributed by atoms with Crippen LogP contribution in [0.2, 0.25) is 0 Å². The van der Waals surface area contributed by atoms with E-state index in [1.807, 2.05) is 11.3 Å². The molecule has 0 amide bonds. The summed E-state index contributed by atoms with van der Waals surface area (Å²) in [5, 5.41) is 6.91. The van der Waals surface area contributed by atoms with Crippen LogP contribution in [-0.2, 0) is 6.54 Å². The van der Waals surface area contributed by atoms with Crippen LogP contribution in [0.15, 0.2) is 47.5 Å². The number of aryl methyl sites for hydroxylation is 1. The number of aliphatic imine (C=N–C) groups is 1. The van der Waals surface area contributed by atoms with Crippen LogP contribution in [0.25, 0.3) is 0 Å². The molecule has 2 unspecified atom stereocenters. The van der Waals surface area contributed by atoms with Gasteiger partial charge in [-0.2, -0.15) is 0 Å². The predicted molar refractivity (Wildman–Crippen MR) is 94.6 cm³/mol. The van der Waals surface area contributed by atoms with E-state index >= 15 is 0 Å². The van der Waals surface area contributed by atoms with Gasteiger partial charge in [0.2, 0.25) is 0 Å². The molecule has 1 aliphatic rings. The maximum absolute atomic E-state index is 4.71. The number of hydrogen-bond acceptors (Lipinski definition) is 2. The molecule has 0 spiro atoms. The Bertz CT molecular complexity index is 633. The lowest BCUT2D eigenvalue weighted by Crippen LogP contribution is -2.39. The second-order valence-corrected chi connectivity index (χ2v) is 7.08. The molecule has 1 aromatic heterocycles. The Balaban J connectivity index is 1.58. The average molecular weight is 313 g/mol. The molecule has 2 aromatic rings. The van der Waals surface area contributed by atoms with Crippen molar-refractivity contribution in [3.63, 3.8) is 0 Å². The molecule has 0 radical (unpaired) electrons. The lowest BCUT2D eigenvalue weighted by Gasteiger charge is -2.11. The number of guanidine groups is 1. The second-order valence-electron chi connectivity index (χ2n) is 5.71. The molecule has 3 rings (SSSR count). The molecule has 1 aromatic carbocycles. The van der Waals surface area contributed by atoms with Crippen molar-refractivity contribution in [3.8, 4) is 0 Å². The summed E-state index contributed by atoms with van der Waals surface area (Å²) in [5.41, 5.74) is 1.42. The first-order chi connectivity index (χ1) is 10.8. The summed E-state index contributed by atoms with van der Waals surface area (Å²) >= 11 is 1.82. The highest BCUT2D eigenvalue weighted by molar-refractivity contribution is 7.11. The Labute approximate surface area is 136 Å². The van der Waals surface area contributed by atoms with Crippen molar-refractivity contribution in [1.82, 2.24) is 10.6 Å². The van der Waals surface area contributed by atoms with E-state index in [1.54, 1.807) is 0 Å². The van der Waals surface area contributed by atoms with Gasteiger partial charge in [0, 0.05) is 28.3 Å². The van der Waals surface area contributed by atoms with Gasteiger partial charge in [-0.3, -0.25) is 0 Å². The standard InChI is InChI=1S/C18H23N3S/c1-3-19-18(20-12-15-10-9-13(2)22-15)21-17-11-16(17)14-7-5-4-6-8-14/h4-10,16-17H,3,11-12H2,1-2H3,(H2,19,20,21). The Morgan fingerprint density at radius 1 is 1.23 bits per heavy atom. The lowest BCUT2D eigenvalue weighted by atomic mass is 10.1. The largest absolute Gasteiger partial charge is 0.357 e. The maximum atomic E-state index is 4.71. The van der Waals surface area contributed by atoms with Crippen molar-refractivity contribution in [2.45, 2.75) is 38.8 Å². The molecule has 2 N–H and O–H groups in total. The number of nitrogens with zero attached hydrogens (tertiary/aromatic N) is 1. The van der Waals surface area contributed by atoms with E-state index in [-0.39, 0.29) is 0 Å². The zero-order valence-electron chi connectivity index (χ0n) is 13.2. The van der Waals surface area contributed by atoms with Gasteiger partial charge in [-0.05, 0) is 38.0 Å². The molecule has 0 saturated heterocycles. The summed E-state index contributed by atoms with van der Waals surface area (Å²) in [6.07, 6.45) is 1.19. The van der Waals surface area contributed by atoms with Gasteiger partial charge in [0.25, 0.3) is 0 Å². The van der Waals surface area contributed by atoms with Crippen molar-refractivity contribution in [3.05, 3.63) is 57.8 Å². The van der Waals surface area contributed by atoms with Crippen LogP contribution in [0.3, 0.4) is 0 Å². The van der Waals surface area contributed by atoms with Crippen molar-refractivity contribution in [2.24, 2.45) is 4.99 Å². The summed E-state index contributed by atoms with van der Waals surface area (Å²) in [5.74, 6) is 1.55. The predicted octanol–water partition coefficient (Wildman–Crippen LogP) is 3.67. The SMILES string of the molecule is CCNC(=NCc1ccc(C)s1)NC1CC1c1ccccc1. The van der Waals surface area contributed by atoms with Crippen molar-refractivity contribution in [1.29, 1.82) is 0 Å². The summed E-state index contributed by atoms with van der Waals surface area (Å²) in [4.78, 5) is 7.36. The summed E-state index contributed by atoms with van der Waals surface area (Å²) in [6.45, 7) is 5.87. The van der Waals surface area contributed by atoms with Crippen LogP contribution in [-0.4, -0.2) is 18.5 Å². The van der Waals surface area contributed by atoms with Gasteiger partial charge in [-0.25, -0.2) is 4.99 Å². The van der Waals surface area contributed by atoms with Crippen molar-refractivity contribution in [2.75, 3.05) is 6.54 Å². The third-order valence-electron chi connectivity index (χ3n) is 3.87. The normalized spacial score (nSPS) is 20.7. The van der Waals surface area contributed by atoms with Crippen molar-refractivity contribution < 1.29 is 0 Å². The van der Waals surface area contributed by atoms with E-state index in [9.17, 15) is 0 Å². The molecule has 1 fully saturated rings. The minimum atomic E-state index is 0.505. The fraction of sp³-hybridized carbons (Fsp3) is 0.389. The third-order valence-corrected chi connectivity index (χ3v) is 4.86. The van der Waals surface area contributed by atoms with E-state index < -0.39 is 0 Å². The quantitative estimate of drug-likeness (QED) is 0.653. The van der Waals surface area contributed by atoms with Crippen molar-refractivity contribution >= 4 is 17.3 Å². The van der Waals surface area contributed by atoms with Gasteiger partial charge in [0.15, 0.2) is 5.96 Å². The Morgan fingerprint density at radius 3 is 2.73 bits per heavy atom. The van der Waals surface area contributed by atoms with Gasteiger partial charge in [-0.1, -0.05) is 30.3 Å². The molecule has 0 bridgehead atoms. The average Bonchev–Trinajstić information content (AvgIpc) is 3.18. The first-order valence-electron chi connectivity index (χ1n) is 7.91. The minimum Gasteiger partial charge on any atom is -0.357 e. The van der Waals surface area contributed by atoms with Crippen LogP contribution in [0.4, 0.5) is 0 Å². The summed E-state index contributed by atoms with van der Waals surface area (Å²) < 4.78 is 0. The smallest absolute Gasteiger partial charge is 0.191 e. The molecule has 2 atom stereocenters. The van der Waals surface area contributed by atoms with Gasteiger partial charge < -0.3 is 10.6 Å². The molecule has 1 aliphatic carbocycles. The van der Waals surface area contributed by atoms with E-state index in [0.29, 0.717) is 12.0 Å². The monoisotopic (exact) mass is 313 g/mol. The zero-order chi connectivity index (χ0) is 15.4. The molecule has 4 heteroatoms. The van der Waals surface area contributed by atoms with Gasteiger partial charge in [0.1, 0.15) is 0 Å². The Kier molecular flexibility index (Phi) is 4.78. The highest BCUT2D eigenvalue weighted by Crippen LogP contribution is 2.40. The number of rotatable bonds is 5. The molecular weight excluding hydrogens is 290 g/mol.